The molecule has 2 aliphatic rings. The second-order valence-electron chi connectivity index (χ2n) is 8.04. The van der Waals surface area contributed by atoms with E-state index in [1.165, 1.54) is 11.1 Å². The van der Waals surface area contributed by atoms with Gasteiger partial charge in [-0.25, -0.2) is 4.79 Å². The van der Waals surface area contributed by atoms with Gasteiger partial charge in [0, 0.05) is 5.41 Å². The van der Waals surface area contributed by atoms with Crippen molar-refractivity contribution in [1.82, 2.24) is 5.32 Å². The van der Waals surface area contributed by atoms with Crippen LogP contribution < -0.4 is 15.8 Å². The topological polar surface area (TPSA) is 102 Å². The molecule has 0 unspecified atom stereocenters. The van der Waals surface area contributed by atoms with E-state index in [9.17, 15) is 9.59 Å². The van der Waals surface area contributed by atoms with Gasteiger partial charge in [-0.05, 0) is 60.3 Å². The molecule has 0 saturated heterocycles. The third-order valence-electron chi connectivity index (χ3n) is 6.54. The number of carboxylic acid groups (broad SMARTS) is 1. The number of hydrogen-bond acceptors (Lipinski definition) is 3. The van der Waals surface area contributed by atoms with Gasteiger partial charge in [0.2, 0.25) is 5.91 Å². The van der Waals surface area contributed by atoms with Gasteiger partial charge < -0.3 is 20.9 Å². The van der Waals surface area contributed by atoms with Crippen molar-refractivity contribution in [1.29, 1.82) is 0 Å². The number of fused-ring (bicyclic) bond motifs is 3. The first-order chi connectivity index (χ1) is 12.3. The molecule has 1 aromatic carbocycles. The van der Waals surface area contributed by atoms with E-state index in [1.807, 2.05) is 13.0 Å². The van der Waals surface area contributed by atoms with Crippen LogP contribution >= 0.6 is 0 Å². The van der Waals surface area contributed by atoms with Gasteiger partial charge in [0.15, 0.2) is 0 Å². The lowest BCUT2D eigenvalue weighted by molar-refractivity contribution is -0.135. The first kappa shape index (κ1) is 18.5. The average molecular weight is 360 g/mol. The molecule has 0 aromatic heterocycles. The number of carbonyl (C=O) groups excluding carboxylic acids is 1. The molecule has 3 atom stereocenters. The Morgan fingerprint density at radius 2 is 2.12 bits per heavy atom. The third kappa shape index (κ3) is 3.13. The summed E-state index contributed by atoms with van der Waals surface area (Å²) in [6, 6.07) is 6.13. The van der Waals surface area contributed by atoms with Crippen LogP contribution in [-0.2, 0) is 16.6 Å². The van der Waals surface area contributed by atoms with Crippen molar-refractivity contribution in [2.24, 2.45) is 17.1 Å². The van der Waals surface area contributed by atoms with Crippen LogP contribution in [0.2, 0.25) is 0 Å². The highest BCUT2D eigenvalue weighted by Gasteiger charge is 2.54. The lowest BCUT2D eigenvalue weighted by Gasteiger charge is -2.54. The van der Waals surface area contributed by atoms with Crippen molar-refractivity contribution in [2.45, 2.75) is 51.4 Å². The van der Waals surface area contributed by atoms with E-state index < -0.39 is 11.5 Å². The first-order valence-corrected chi connectivity index (χ1v) is 9.30. The lowest BCUT2D eigenvalue weighted by Crippen LogP contribution is -2.54. The predicted molar refractivity (Wildman–Crippen MR) is 98.3 cm³/mol. The number of nitrogens with two attached hydrogens (primary N) is 1. The van der Waals surface area contributed by atoms with E-state index >= 15 is 0 Å². The van der Waals surface area contributed by atoms with Gasteiger partial charge >= 0.3 is 6.09 Å². The fourth-order valence-corrected chi connectivity index (χ4v) is 5.15. The van der Waals surface area contributed by atoms with Crippen LogP contribution in [0.25, 0.3) is 0 Å². The summed E-state index contributed by atoms with van der Waals surface area (Å²) in [6.07, 6.45) is 3.75. The van der Waals surface area contributed by atoms with E-state index in [0.29, 0.717) is 0 Å². The summed E-state index contributed by atoms with van der Waals surface area (Å²) >= 11 is 0. The molecule has 0 radical (unpaired) electrons. The van der Waals surface area contributed by atoms with Gasteiger partial charge in [-0.3, -0.25) is 4.79 Å². The normalized spacial score (nSPS) is 30.0. The number of amides is 2. The second kappa shape index (κ2) is 6.82. The summed E-state index contributed by atoms with van der Waals surface area (Å²) in [5, 5.41) is 10.9. The molecule has 3 rings (SSSR count). The number of carbonyl (C=O) groups is 2. The molecule has 26 heavy (non-hydrogen) atoms. The molecule has 6 heteroatoms. The van der Waals surface area contributed by atoms with E-state index in [-0.39, 0.29) is 30.4 Å². The summed E-state index contributed by atoms with van der Waals surface area (Å²) < 4.78 is 5.73. The maximum atomic E-state index is 12.2. The van der Waals surface area contributed by atoms with Crippen LogP contribution in [0, 0.1) is 11.3 Å². The Morgan fingerprint density at radius 1 is 1.35 bits per heavy atom. The van der Waals surface area contributed by atoms with Crippen molar-refractivity contribution >= 4 is 12.0 Å². The Hall–Kier alpha value is -2.24. The molecule has 142 valence electrons. The van der Waals surface area contributed by atoms with Crippen LogP contribution in [0.3, 0.4) is 0 Å². The zero-order chi connectivity index (χ0) is 18.9. The molecule has 2 aliphatic carbocycles. The van der Waals surface area contributed by atoms with Crippen LogP contribution in [-0.4, -0.2) is 30.3 Å². The van der Waals surface area contributed by atoms with E-state index in [0.717, 1.165) is 37.9 Å². The zero-order valence-corrected chi connectivity index (χ0v) is 15.5. The fraction of sp³-hybridized carbons (Fsp3) is 0.600. The van der Waals surface area contributed by atoms with Crippen LogP contribution in [0.4, 0.5) is 4.79 Å². The lowest BCUT2D eigenvalue weighted by atomic mass is 9.49. The van der Waals surface area contributed by atoms with E-state index in [1.54, 1.807) is 0 Å². The molecule has 1 saturated carbocycles. The summed E-state index contributed by atoms with van der Waals surface area (Å²) in [4.78, 5) is 22.7. The van der Waals surface area contributed by atoms with Crippen molar-refractivity contribution in [3.05, 3.63) is 29.3 Å². The monoisotopic (exact) mass is 360 g/mol. The molecular weight excluding hydrogens is 332 g/mol. The number of nitrogens with one attached hydrogen (secondary N) is 1. The number of hydrogen-bond donors (Lipinski definition) is 3. The summed E-state index contributed by atoms with van der Waals surface area (Å²) in [5.41, 5.74) is 7.82. The minimum Gasteiger partial charge on any atom is -0.492 e. The Morgan fingerprint density at radius 3 is 2.81 bits per heavy atom. The largest absolute Gasteiger partial charge is 0.492 e. The SMILES string of the molecule is C[C@]1(C(N)=O)CCC[C@]2(C)c3cc(OCCNC(=O)O)ccc3CC[C@@H]12. The van der Waals surface area contributed by atoms with Crippen molar-refractivity contribution in [2.75, 3.05) is 13.2 Å². The molecule has 4 N–H and O–H groups in total. The number of rotatable bonds is 5. The van der Waals surface area contributed by atoms with Gasteiger partial charge in [0.25, 0.3) is 0 Å². The Kier molecular flexibility index (Phi) is 4.86. The van der Waals surface area contributed by atoms with Gasteiger partial charge in [0.1, 0.15) is 12.4 Å². The van der Waals surface area contributed by atoms with E-state index in [2.05, 4.69) is 24.4 Å². The number of benzene rings is 1. The second-order valence-corrected chi connectivity index (χ2v) is 8.04. The molecule has 2 amide bonds. The predicted octanol–water partition coefficient (Wildman–Crippen LogP) is 2.83. The minimum absolute atomic E-state index is 0.0890. The number of ether oxygens (including phenoxy) is 1. The smallest absolute Gasteiger partial charge is 0.404 e. The summed E-state index contributed by atoms with van der Waals surface area (Å²) in [7, 11) is 0. The molecule has 0 bridgehead atoms. The summed E-state index contributed by atoms with van der Waals surface area (Å²) in [5.74, 6) is 0.783. The maximum absolute atomic E-state index is 12.2. The van der Waals surface area contributed by atoms with Crippen molar-refractivity contribution in [3.8, 4) is 5.75 Å². The molecule has 6 nitrogen and oxygen atoms in total. The molecule has 0 aliphatic heterocycles. The average Bonchev–Trinajstić information content (AvgIpc) is 2.58. The standard InChI is InChI=1S/C20H28N2O4/c1-19-8-3-9-20(2,17(21)23)16(19)7-5-13-4-6-14(12-15(13)19)26-11-10-22-18(24)25/h4,6,12,16,22H,3,5,7-11H2,1-2H3,(H2,21,23)(H,24,25)/t16-,19-,20+/m1/s1. The minimum atomic E-state index is -1.05. The van der Waals surface area contributed by atoms with Crippen LogP contribution in [0.1, 0.15) is 50.7 Å². The van der Waals surface area contributed by atoms with Gasteiger partial charge in [-0.1, -0.05) is 26.3 Å². The highest BCUT2D eigenvalue weighted by atomic mass is 16.5. The van der Waals surface area contributed by atoms with Crippen LogP contribution in [0.15, 0.2) is 18.2 Å². The first-order valence-electron chi connectivity index (χ1n) is 9.30. The van der Waals surface area contributed by atoms with Crippen LogP contribution in [0.5, 0.6) is 5.75 Å². The molecule has 0 spiro atoms. The van der Waals surface area contributed by atoms with Crippen molar-refractivity contribution in [3.63, 3.8) is 0 Å². The van der Waals surface area contributed by atoms with E-state index in [4.69, 9.17) is 15.6 Å². The third-order valence-corrected chi connectivity index (χ3v) is 6.54. The zero-order valence-electron chi connectivity index (χ0n) is 15.5. The molecular formula is C20H28N2O4. The molecule has 1 fully saturated rings. The molecule has 0 heterocycles. The van der Waals surface area contributed by atoms with Gasteiger partial charge in [0.05, 0.1) is 6.54 Å². The van der Waals surface area contributed by atoms with Crippen molar-refractivity contribution < 1.29 is 19.4 Å². The Balaban J connectivity index is 1.85. The Bertz CT molecular complexity index is 720. The summed E-state index contributed by atoms with van der Waals surface area (Å²) in [6.45, 7) is 4.81. The maximum Gasteiger partial charge on any atom is 0.404 e. The quantitative estimate of drug-likeness (QED) is 0.703. The fourth-order valence-electron chi connectivity index (χ4n) is 5.15. The molecule has 1 aromatic rings. The number of aryl methyl sites for hydroxylation is 1. The highest BCUT2D eigenvalue weighted by molar-refractivity contribution is 5.81. The van der Waals surface area contributed by atoms with Gasteiger partial charge in [-0.2, -0.15) is 0 Å². The highest BCUT2D eigenvalue weighted by Crippen LogP contribution is 2.57. The van der Waals surface area contributed by atoms with Gasteiger partial charge in [-0.15, -0.1) is 0 Å². The Labute approximate surface area is 154 Å². The number of primary amides is 1.